The minimum Gasteiger partial charge on any atom is -0.497 e. The highest BCUT2D eigenvalue weighted by Crippen LogP contribution is 2.23. The van der Waals surface area contributed by atoms with Crippen molar-refractivity contribution in [2.75, 3.05) is 12.0 Å². The van der Waals surface area contributed by atoms with Crippen LogP contribution in [0, 0.1) is 0 Å². The van der Waals surface area contributed by atoms with Crippen LogP contribution in [-0.2, 0) is 9.59 Å². The number of benzene rings is 2. The fourth-order valence-electron chi connectivity index (χ4n) is 3.38. The lowest BCUT2D eigenvalue weighted by Crippen LogP contribution is -2.37. The van der Waals surface area contributed by atoms with Gasteiger partial charge in [0.2, 0.25) is 5.91 Å². The molecule has 1 saturated heterocycles. The quantitative estimate of drug-likeness (QED) is 0.542. The second-order valence-corrected chi connectivity index (χ2v) is 7.01. The molecular weight excluding hydrogens is 386 g/mol. The van der Waals surface area contributed by atoms with E-state index in [1.807, 2.05) is 24.3 Å². The van der Waals surface area contributed by atoms with E-state index in [1.165, 1.54) is 7.11 Å². The number of ether oxygens (including phenoxy) is 1. The van der Waals surface area contributed by atoms with E-state index in [0.717, 1.165) is 15.9 Å². The first-order chi connectivity index (χ1) is 14.5. The second kappa shape index (κ2) is 7.86. The van der Waals surface area contributed by atoms with Gasteiger partial charge >= 0.3 is 6.03 Å². The lowest BCUT2D eigenvalue weighted by molar-refractivity contribution is -0.126. The Labute approximate surface area is 172 Å². The molecule has 0 aliphatic carbocycles. The second-order valence-electron chi connectivity index (χ2n) is 7.01. The molecule has 0 radical (unpaired) electrons. The fourth-order valence-corrected chi connectivity index (χ4v) is 3.38. The average Bonchev–Trinajstić information content (AvgIpc) is 3.29. The van der Waals surface area contributed by atoms with Gasteiger partial charge in [0.25, 0.3) is 5.91 Å². The zero-order valence-electron chi connectivity index (χ0n) is 16.5. The Kier molecular flexibility index (Phi) is 5.09. The third-order valence-corrected chi connectivity index (χ3v) is 4.93. The summed E-state index contributed by atoms with van der Waals surface area (Å²) < 4.78 is 5.09. The number of aromatic nitrogens is 2. The number of anilines is 1. The number of fused-ring (bicyclic) bond motifs is 1. The number of hydrogen-bond donors (Lipinski definition) is 3. The summed E-state index contributed by atoms with van der Waals surface area (Å²) in [6, 6.07) is 12.2. The smallest absolute Gasteiger partial charge is 0.329 e. The Balaban J connectivity index is 1.40. The molecule has 1 aromatic heterocycles. The molecule has 154 valence electrons. The van der Waals surface area contributed by atoms with Crippen molar-refractivity contribution < 1.29 is 19.1 Å². The van der Waals surface area contributed by atoms with Crippen LogP contribution in [0.1, 0.15) is 25.2 Å². The maximum Gasteiger partial charge on any atom is 0.329 e. The number of carbonyl (C=O) groups is 3. The van der Waals surface area contributed by atoms with Crippen LogP contribution >= 0.6 is 0 Å². The Morgan fingerprint density at radius 3 is 2.63 bits per heavy atom. The summed E-state index contributed by atoms with van der Waals surface area (Å²) in [4.78, 5) is 46.1. The van der Waals surface area contributed by atoms with Gasteiger partial charge in [-0.1, -0.05) is 12.1 Å². The van der Waals surface area contributed by atoms with Gasteiger partial charge in [-0.2, -0.15) is 0 Å². The highest BCUT2D eigenvalue weighted by molar-refractivity contribution is 6.22. The van der Waals surface area contributed by atoms with Crippen molar-refractivity contribution in [1.82, 2.24) is 20.6 Å². The van der Waals surface area contributed by atoms with Crippen LogP contribution in [-0.4, -0.2) is 41.0 Å². The van der Waals surface area contributed by atoms with Crippen LogP contribution in [0.2, 0.25) is 0 Å². The molecule has 4 amide bonds. The molecule has 3 N–H and O–H groups in total. The van der Waals surface area contributed by atoms with Gasteiger partial charge in [-0.15, -0.1) is 0 Å². The number of carbonyl (C=O) groups excluding carboxylic acids is 3. The van der Waals surface area contributed by atoms with Crippen LogP contribution in [0.4, 0.5) is 10.5 Å². The van der Waals surface area contributed by atoms with Gasteiger partial charge < -0.3 is 20.4 Å². The number of amides is 4. The number of urea groups is 1. The van der Waals surface area contributed by atoms with Crippen molar-refractivity contribution in [2.45, 2.75) is 25.4 Å². The highest BCUT2D eigenvalue weighted by Gasteiger charge is 2.40. The van der Waals surface area contributed by atoms with E-state index in [1.54, 1.807) is 31.2 Å². The van der Waals surface area contributed by atoms with Gasteiger partial charge in [0.15, 0.2) is 0 Å². The first kappa shape index (κ1) is 19.4. The van der Waals surface area contributed by atoms with Gasteiger partial charge in [-0.25, -0.2) is 14.7 Å². The van der Waals surface area contributed by atoms with Crippen molar-refractivity contribution in [1.29, 1.82) is 0 Å². The molecule has 3 aromatic rings. The van der Waals surface area contributed by atoms with Crippen molar-refractivity contribution >= 4 is 34.6 Å². The van der Waals surface area contributed by atoms with Crippen molar-refractivity contribution in [2.24, 2.45) is 0 Å². The summed E-state index contributed by atoms with van der Waals surface area (Å²) in [6.07, 6.45) is -0.165. The summed E-state index contributed by atoms with van der Waals surface area (Å²) >= 11 is 0. The molecule has 2 aromatic carbocycles. The van der Waals surface area contributed by atoms with Gasteiger partial charge in [0, 0.05) is 0 Å². The largest absolute Gasteiger partial charge is 0.497 e. The van der Waals surface area contributed by atoms with E-state index in [0.29, 0.717) is 17.3 Å². The Bertz CT molecular complexity index is 1080. The number of rotatable bonds is 6. The molecule has 30 heavy (non-hydrogen) atoms. The summed E-state index contributed by atoms with van der Waals surface area (Å²) in [5.41, 5.74) is 2.10. The minimum absolute atomic E-state index is 0.165. The molecule has 9 nitrogen and oxygen atoms in total. The van der Waals surface area contributed by atoms with Crippen LogP contribution in [0.5, 0.6) is 5.75 Å². The summed E-state index contributed by atoms with van der Waals surface area (Å²) in [6.45, 7) is 1.80. The zero-order valence-corrected chi connectivity index (χ0v) is 16.5. The standard InChI is InChI=1S/C21H21N5O4/c1-12(19-23-15-5-3-4-6-16(15)24-19)22-18(27)11-17-20(28)26(21(29)25-17)13-7-9-14(30-2)10-8-13/h3-10,12,17H,11H2,1-2H3,(H,22,27)(H,23,24)(H,25,29)/t12-,17-/m1/s1. The molecule has 4 rings (SSSR count). The minimum atomic E-state index is -0.928. The molecule has 1 fully saturated rings. The predicted octanol–water partition coefficient (Wildman–Crippen LogP) is 2.26. The first-order valence-electron chi connectivity index (χ1n) is 9.49. The van der Waals surface area contributed by atoms with Crippen molar-refractivity contribution in [3.05, 3.63) is 54.4 Å². The SMILES string of the molecule is COc1ccc(N2C(=O)N[C@H](CC(=O)N[C@H](C)c3nc4ccccc4[nH]3)C2=O)cc1. The number of nitrogens with zero attached hydrogens (tertiary/aromatic N) is 2. The fraction of sp³-hybridized carbons (Fsp3) is 0.238. The van der Waals surface area contributed by atoms with Gasteiger partial charge in [0.1, 0.15) is 17.6 Å². The van der Waals surface area contributed by atoms with Gasteiger partial charge in [0.05, 0.1) is 36.3 Å². The summed E-state index contributed by atoms with van der Waals surface area (Å²) in [5.74, 6) is 0.391. The van der Waals surface area contributed by atoms with E-state index >= 15 is 0 Å². The number of imide groups is 1. The number of nitrogens with one attached hydrogen (secondary N) is 3. The van der Waals surface area contributed by atoms with E-state index in [9.17, 15) is 14.4 Å². The maximum absolute atomic E-state index is 12.7. The number of methoxy groups -OCH3 is 1. The van der Waals surface area contributed by atoms with Crippen molar-refractivity contribution in [3.8, 4) is 5.75 Å². The molecule has 2 heterocycles. The molecule has 0 saturated carbocycles. The van der Waals surface area contributed by atoms with E-state index in [2.05, 4.69) is 20.6 Å². The van der Waals surface area contributed by atoms with E-state index in [4.69, 9.17) is 4.74 Å². The third kappa shape index (κ3) is 3.69. The van der Waals surface area contributed by atoms with Gasteiger partial charge in [-0.3, -0.25) is 9.59 Å². The lowest BCUT2D eigenvalue weighted by Gasteiger charge is -2.14. The number of para-hydroxylation sites is 2. The Morgan fingerprint density at radius 1 is 1.20 bits per heavy atom. The van der Waals surface area contributed by atoms with Gasteiger partial charge in [-0.05, 0) is 43.3 Å². The van der Waals surface area contributed by atoms with Crippen LogP contribution in [0.25, 0.3) is 11.0 Å². The number of hydrogen-bond acceptors (Lipinski definition) is 5. The highest BCUT2D eigenvalue weighted by atomic mass is 16.5. The molecule has 9 heteroatoms. The molecule has 0 bridgehead atoms. The van der Waals surface area contributed by atoms with Crippen molar-refractivity contribution in [3.63, 3.8) is 0 Å². The molecule has 0 spiro atoms. The van der Waals surface area contributed by atoms with Crippen LogP contribution in [0.3, 0.4) is 0 Å². The first-order valence-corrected chi connectivity index (χ1v) is 9.49. The normalized spacial score (nSPS) is 17.1. The molecule has 1 aliphatic heterocycles. The Morgan fingerprint density at radius 2 is 1.93 bits per heavy atom. The average molecular weight is 407 g/mol. The van der Waals surface area contributed by atoms with Crippen LogP contribution < -0.4 is 20.3 Å². The number of H-pyrrole nitrogens is 1. The third-order valence-electron chi connectivity index (χ3n) is 4.93. The monoisotopic (exact) mass is 407 g/mol. The summed E-state index contributed by atoms with van der Waals surface area (Å²) in [7, 11) is 1.53. The predicted molar refractivity (Wildman–Crippen MR) is 110 cm³/mol. The lowest BCUT2D eigenvalue weighted by atomic mass is 10.1. The number of aromatic amines is 1. The summed E-state index contributed by atoms with van der Waals surface area (Å²) in [5, 5.41) is 5.39. The van der Waals surface area contributed by atoms with E-state index in [-0.39, 0.29) is 18.4 Å². The molecule has 2 atom stereocenters. The Hall–Kier alpha value is -3.88. The maximum atomic E-state index is 12.7. The van der Waals surface area contributed by atoms with Crippen LogP contribution in [0.15, 0.2) is 48.5 Å². The molecule has 0 unspecified atom stereocenters. The van der Waals surface area contributed by atoms with E-state index < -0.39 is 18.0 Å². The molecular formula is C21H21N5O4. The number of imidazole rings is 1. The zero-order chi connectivity index (χ0) is 21.3. The molecule has 1 aliphatic rings. The topological polar surface area (TPSA) is 116 Å².